The number of carbonyl (C=O) groups excluding carboxylic acids is 1. The van der Waals surface area contributed by atoms with Crippen molar-refractivity contribution >= 4 is 17.4 Å². The van der Waals surface area contributed by atoms with Crippen LogP contribution in [0, 0.1) is 10.1 Å². The molecule has 9 nitrogen and oxygen atoms in total. The summed E-state index contributed by atoms with van der Waals surface area (Å²) in [5, 5.41) is 18.9. The van der Waals surface area contributed by atoms with Crippen LogP contribution in [0.25, 0.3) is 11.4 Å². The fourth-order valence-corrected chi connectivity index (χ4v) is 4.19. The molecule has 31 heavy (non-hydrogen) atoms. The maximum atomic E-state index is 12.9. The molecule has 0 saturated heterocycles. The maximum absolute atomic E-state index is 12.9. The largest absolute Gasteiger partial charge is 0.496 e. The van der Waals surface area contributed by atoms with Crippen molar-refractivity contribution in [1.82, 2.24) is 14.8 Å². The van der Waals surface area contributed by atoms with Gasteiger partial charge in [0.25, 0.3) is 5.69 Å². The van der Waals surface area contributed by atoms with Gasteiger partial charge >= 0.3 is 0 Å². The van der Waals surface area contributed by atoms with Crippen LogP contribution < -0.4 is 10.1 Å². The minimum absolute atomic E-state index is 0.000438. The number of hydrogen-bond acceptors (Lipinski definition) is 7. The standard InChI is InChI=1S/C22H19N5O4/c1-31-18-8-3-2-5-15(18)20-19-16(6-4-7-17(19)28)23-22-24-21(25-26(20)22)13-9-11-14(12-10-13)27(29)30/h2-3,5,8-12,20H,4,6-7H2,1H3,(H,23,24,25). The molecule has 3 aromatic rings. The van der Waals surface area contributed by atoms with E-state index in [4.69, 9.17) is 4.74 Å². The van der Waals surface area contributed by atoms with Crippen LogP contribution in [-0.4, -0.2) is 32.6 Å². The topological polar surface area (TPSA) is 112 Å². The number of nitrogens with zero attached hydrogens (tertiary/aromatic N) is 4. The third-order valence-electron chi connectivity index (χ3n) is 5.64. The van der Waals surface area contributed by atoms with E-state index < -0.39 is 11.0 Å². The van der Waals surface area contributed by atoms with Crippen molar-refractivity contribution in [2.75, 3.05) is 12.4 Å². The van der Waals surface area contributed by atoms with Crippen LogP contribution in [0.15, 0.2) is 59.8 Å². The highest BCUT2D eigenvalue weighted by Crippen LogP contribution is 2.43. The summed E-state index contributed by atoms with van der Waals surface area (Å²) in [6.07, 6.45) is 2.03. The first-order valence-electron chi connectivity index (χ1n) is 9.94. The molecule has 1 aliphatic heterocycles. The molecular weight excluding hydrogens is 398 g/mol. The third-order valence-corrected chi connectivity index (χ3v) is 5.64. The van der Waals surface area contributed by atoms with Gasteiger partial charge in [-0.3, -0.25) is 14.9 Å². The zero-order chi connectivity index (χ0) is 21.5. The maximum Gasteiger partial charge on any atom is 0.269 e. The summed E-state index contributed by atoms with van der Waals surface area (Å²) in [4.78, 5) is 28.1. The molecule has 156 valence electrons. The Morgan fingerprint density at radius 3 is 2.68 bits per heavy atom. The summed E-state index contributed by atoms with van der Waals surface area (Å²) < 4.78 is 7.28. The van der Waals surface area contributed by atoms with E-state index in [1.165, 1.54) is 12.1 Å². The minimum atomic E-state index is -0.463. The average Bonchev–Trinajstić information content (AvgIpc) is 3.21. The molecule has 5 rings (SSSR count). The number of methoxy groups -OCH3 is 1. The summed E-state index contributed by atoms with van der Waals surface area (Å²) in [5.74, 6) is 1.70. The van der Waals surface area contributed by atoms with Gasteiger partial charge < -0.3 is 10.1 Å². The molecular formula is C22H19N5O4. The molecule has 1 atom stereocenters. The molecule has 0 spiro atoms. The molecule has 0 fully saturated rings. The van der Waals surface area contributed by atoms with E-state index in [1.807, 2.05) is 24.3 Å². The van der Waals surface area contributed by atoms with E-state index in [0.29, 0.717) is 35.1 Å². The minimum Gasteiger partial charge on any atom is -0.496 e. The zero-order valence-electron chi connectivity index (χ0n) is 16.7. The second-order valence-corrected chi connectivity index (χ2v) is 7.45. The second kappa shape index (κ2) is 7.35. The number of nitrogens with one attached hydrogen (secondary N) is 1. The van der Waals surface area contributed by atoms with Gasteiger partial charge in [0.2, 0.25) is 5.95 Å². The van der Waals surface area contributed by atoms with E-state index in [0.717, 1.165) is 24.1 Å². The zero-order valence-corrected chi connectivity index (χ0v) is 16.7. The number of fused-ring (bicyclic) bond motifs is 1. The molecule has 1 unspecified atom stereocenters. The lowest BCUT2D eigenvalue weighted by Crippen LogP contribution is -2.31. The highest BCUT2D eigenvalue weighted by Gasteiger charge is 2.38. The van der Waals surface area contributed by atoms with Crippen LogP contribution >= 0.6 is 0 Å². The summed E-state index contributed by atoms with van der Waals surface area (Å²) >= 11 is 0. The van der Waals surface area contributed by atoms with Gasteiger partial charge in [0.1, 0.15) is 11.8 Å². The Kier molecular flexibility index (Phi) is 4.50. The van der Waals surface area contributed by atoms with Crippen LogP contribution in [0.5, 0.6) is 5.75 Å². The van der Waals surface area contributed by atoms with Gasteiger partial charge in [0.15, 0.2) is 11.6 Å². The summed E-state index contributed by atoms with van der Waals surface area (Å²) in [5.41, 5.74) is 3.03. The second-order valence-electron chi connectivity index (χ2n) is 7.45. The first kappa shape index (κ1) is 19.0. The number of benzene rings is 2. The number of para-hydroxylation sites is 1. The number of allylic oxidation sites excluding steroid dienone is 2. The van der Waals surface area contributed by atoms with E-state index in [9.17, 15) is 14.9 Å². The molecule has 0 bridgehead atoms. The molecule has 0 amide bonds. The average molecular weight is 417 g/mol. The molecule has 1 aromatic heterocycles. The van der Waals surface area contributed by atoms with Gasteiger partial charge in [-0.2, -0.15) is 4.98 Å². The summed E-state index contributed by atoms with van der Waals surface area (Å²) in [7, 11) is 1.60. The Balaban J connectivity index is 1.65. The van der Waals surface area contributed by atoms with Gasteiger partial charge in [-0.1, -0.05) is 18.2 Å². The van der Waals surface area contributed by atoms with Crippen LogP contribution in [0.3, 0.4) is 0 Å². The predicted molar refractivity (Wildman–Crippen MR) is 113 cm³/mol. The number of ether oxygens (including phenoxy) is 1. The fourth-order valence-electron chi connectivity index (χ4n) is 4.19. The molecule has 1 N–H and O–H groups in total. The Morgan fingerprint density at radius 1 is 1.16 bits per heavy atom. The highest BCUT2D eigenvalue weighted by molar-refractivity contribution is 5.99. The number of carbonyl (C=O) groups is 1. The summed E-state index contributed by atoms with van der Waals surface area (Å²) in [6, 6.07) is 13.2. The van der Waals surface area contributed by atoms with E-state index >= 15 is 0 Å². The number of aromatic nitrogens is 3. The SMILES string of the molecule is COc1ccccc1C1C2=C(CCCC2=O)Nc2nc(-c3ccc([N+](=O)[O-])cc3)nn21. The first-order chi connectivity index (χ1) is 15.1. The van der Waals surface area contributed by atoms with Crippen LogP contribution in [-0.2, 0) is 4.79 Å². The quantitative estimate of drug-likeness (QED) is 0.506. The normalized spacial score (nSPS) is 17.6. The molecule has 1 aliphatic carbocycles. The van der Waals surface area contributed by atoms with Crippen molar-refractivity contribution in [2.24, 2.45) is 0 Å². The highest BCUT2D eigenvalue weighted by atomic mass is 16.6. The molecule has 2 aliphatic rings. The first-order valence-corrected chi connectivity index (χ1v) is 9.94. The van der Waals surface area contributed by atoms with Crippen molar-refractivity contribution < 1.29 is 14.5 Å². The van der Waals surface area contributed by atoms with Crippen LogP contribution in [0.1, 0.15) is 30.9 Å². The number of non-ortho nitro benzene ring substituents is 1. The van der Waals surface area contributed by atoms with Gasteiger partial charge in [0.05, 0.1) is 12.0 Å². The Bertz CT molecular complexity index is 1230. The van der Waals surface area contributed by atoms with E-state index in [1.54, 1.807) is 23.9 Å². The van der Waals surface area contributed by atoms with Crippen LogP contribution in [0.2, 0.25) is 0 Å². The van der Waals surface area contributed by atoms with Gasteiger partial charge in [0, 0.05) is 41.0 Å². The molecule has 0 saturated carbocycles. The number of rotatable bonds is 4. The third kappa shape index (κ3) is 3.14. The number of nitro benzene ring substituents is 1. The van der Waals surface area contributed by atoms with Crippen molar-refractivity contribution in [3.05, 3.63) is 75.5 Å². The van der Waals surface area contributed by atoms with Crippen LogP contribution in [0.4, 0.5) is 11.6 Å². The van der Waals surface area contributed by atoms with Crippen molar-refractivity contribution in [3.8, 4) is 17.1 Å². The van der Waals surface area contributed by atoms with Gasteiger partial charge in [-0.15, -0.1) is 5.10 Å². The van der Waals surface area contributed by atoms with E-state index in [-0.39, 0.29) is 11.5 Å². The molecule has 9 heteroatoms. The lowest BCUT2D eigenvalue weighted by atomic mass is 9.85. The van der Waals surface area contributed by atoms with Crippen molar-refractivity contribution in [1.29, 1.82) is 0 Å². The smallest absolute Gasteiger partial charge is 0.269 e. The van der Waals surface area contributed by atoms with Gasteiger partial charge in [-0.05, 0) is 31.0 Å². The van der Waals surface area contributed by atoms with Crippen molar-refractivity contribution in [3.63, 3.8) is 0 Å². The lowest BCUT2D eigenvalue weighted by Gasteiger charge is -2.32. The number of anilines is 1. The molecule has 2 heterocycles. The Hall–Kier alpha value is -4.01. The lowest BCUT2D eigenvalue weighted by molar-refractivity contribution is -0.384. The predicted octanol–water partition coefficient (Wildman–Crippen LogP) is 3.88. The summed E-state index contributed by atoms with van der Waals surface area (Å²) in [6.45, 7) is 0. The number of Topliss-reactive ketones (excluding diaryl/α,β-unsaturated/α-hetero) is 1. The Labute approximate surface area is 177 Å². The monoisotopic (exact) mass is 417 g/mol. The molecule has 2 aromatic carbocycles. The van der Waals surface area contributed by atoms with E-state index in [2.05, 4.69) is 15.4 Å². The number of hydrogen-bond donors (Lipinski definition) is 1. The number of nitro groups is 1. The fraction of sp³-hybridized carbons (Fsp3) is 0.227. The van der Waals surface area contributed by atoms with Crippen molar-refractivity contribution in [2.45, 2.75) is 25.3 Å². The molecule has 0 radical (unpaired) electrons. The Morgan fingerprint density at radius 2 is 1.94 bits per heavy atom. The number of ketones is 1. The van der Waals surface area contributed by atoms with Gasteiger partial charge in [-0.25, -0.2) is 4.68 Å².